The number of nitrogens with zero attached hydrogens (tertiary/aromatic N) is 6. The number of benzene rings is 1. The molecule has 4 aromatic rings. The highest BCUT2D eigenvalue weighted by Crippen LogP contribution is 2.34. The smallest absolute Gasteiger partial charge is 0.285 e. The molecule has 1 atom stereocenters. The number of hydrogen-bond acceptors (Lipinski definition) is 7. The summed E-state index contributed by atoms with van der Waals surface area (Å²) in [6.45, 7) is -1.88. The molecule has 13 heteroatoms. The molecule has 4 heterocycles. The molecule has 1 aromatic carbocycles. The lowest BCUT2D eigenvalue weighted by molar-refractivity contribution is -0.145. The molecule has 3 aromatic heterocycles. The number of fused-ring (bicyclic) bond motifs is 2. The van der Waals surface area contributed by atoms with Crippen LogP contribution in [0.2, 0.25) is 0 Å². The van der Waals surface area contributed by atoms with Gasteiger partial charge in [0.05, 0.1) is 43.6 Å². The number of ether oxygens (including phenoxy) is 1. The number of carbonyl (C=O) groups excluding carboxylic acids is 1. The molecule has 0 radical (unpaired) electrons. The molecule has 0 bridgehead atoms. The molecule has 36 heavy (non-hydrogen) atoms. The van der Waals surface area contributed by atoms with E-state index in [1.165, 1.54) is 11.6 Å². The molecule has 5 rings (SSSR count). The van der Waals surface area contributed by atoms with Gasteiger partial charge in [0, 0.05) is 18.3 Å². The number of anilines is 1. The van der Waals surface area contributed by atoms with Gasteiger partial charge in [-0.3, -0.25) is 4.79 Å². The molecule has 0 unspecified atom stereocenters. The number of hydrogen-bond donors (Lipinski definition) is 2. The summed E-state index contributed by atoms with van der Waals surface area (Å²) in [5.41, 5.74) is 3.60. The van der Waals surface area contributed by atoms with Crippen molar-refractivity contribution in [2.75, 3.05) is 38.8 Å². The zero-order valence-electron chi connectivity index (χ0n) is 19.4. The zero-order valence-corrected chi connectivity index (χ0v) is 19.4. The van der Waals surface area contributed by atoms with Gasteiger partial charge in [0.25, 0.3) is 5.92 Å². The van der Waals surface area contributed by atoms with Crippen molar-refractivity contribution in [1.82, 2.24) is 29.0 Å². The number of amides is 1. The first-order valence-corrected chi connectivity index (χ1v) is 11.3. The Balaban J connectivity index is 1.46. The van der Waals surface area contributed by atoms with Crippen LogP contribution in [0.25, 0.3) is 27.7 Å². The maximum atomic E-state index is 14.7. The van der Waals surface area contributed by atoms with Gasteiger partial charge in [-0.1, -0.05) is 6.07 Å². The van der Waals surface area contributed by atoms with Gasteiger partial charge in [-0.2, -0.15) is 4.98 Å². The van der Waals surface area contributed by atoms with Crippen LogP contribution in [0.3, 0.4) is 0 Å². The fourth-order valence-corrected chi connectivity index (χ4v) is 4.51. The number of likely N-dealkylation sites (tertiary alicyclic amines) is 1. The van der Waals surface area contributed by atoms with Crippen LogP contribution in [0.4, 0.5) is 19.1 Å². The predicted molar refractivity (Wildman–Crippen MR) is 125 cm³/mol. The first-order valence-electron chi connectivity index (χ1n) is 11.3. The molecule has 190 valence electrons. The summed E-state index contributed by atoms with van der Waals surface area (Å²) in [6.07, 6.45) is 3.21. The van der Waals surface area contributed by atoms with Crippen molar-refractivity contribution < 1.29 is 27.8 Å². The van der Waals surface area contributed by atoms with Gasteiger partial charge < -0.3 is 24.6 Å². The lowest BCUT2D eigenvalue weighted by atomic mass is 10.0. The predicted octanol–water partition coefficient (Wildman–Crippen LogP) is 2.36. The minimum atomic E-state index is -3.26. The number of carbonyl (C=O) groups is 1. The van der Waals surface area contributed by atoms with Crippen LogP contribution in [0.5, 0.6) is 5.88 Å². The lowest BCUT2D eigenvalue weighted by Gasteiger charge is -2.38. The van der Waals surface area contributed by atoms with Gasteiger partial charge >= 0.3 is 0 Å². The number of imidazole rings is 1. The second-order valence-electron chi connectivity index (χ2n) is 8.52. The van der Waals surface area contributed by atoms with Crippen LogP contribution in [0, 0.1) is 0 Å². The summed E-state index contributed by atoms with van der Waals surface area (Å²) in [4.78, 5) is 21.2. The third kappa shape index (κ3) is 4.19. The molecular weight excluding hydrogens is 479 g/mol. The second-order valence-corrected chi connectivity index (χ2v) is 8.52. The van der Waals surface area contributed by atoms with Gasteiger partial charge in [-0.05, 0) is 30.2 Å². The maximum Gasteiger partial charge on any atom is 0.285 e. The van der Waals surface area contributed by atoms with E-state index in [-0.39, 0.29) is 31.3 Å². The van der Waals surface area contributed by atoms with E-state index in [0.29, 0.717) is 5.52 Å². The van der Waals surface area contributed by atoms with Gasteiger partial charge in [0.1, 0.15) is 18.8 Å². The minimum absolute atomic E-state index is 0.0496. The molecule has 0 spiro atoms. The molecule has 1 amide bonds. The van der Waals surface area contributed by atoms with Crippen molar-refractivity contribution in [3.05, 3.63) is 36.8 Å². The normalized spacial score (nSPS) is 17.6. The monoisotopic (exact) mass is 503 g/mol. The molecule has 0 saturated carbocycles. The quantitative estimate of drug-likeness (QED) is 0.399. The third-order valence-electron chi connectivity index (χ3n) is 6.32. The molecule has 10 nitrogen and oxygen atoms in total. The van der Waals surface area contributed by atoms with Crippen molar-refractivity contribution in [3.8, 4) is 17.0 Å². The summed E-state index contributed by atoms with van der Waals surface area (Å²) in [6, 6.07) is 6.10. The molecule has 1 aliphatic rings. The Labute approximate surface area is 203 Å². The van der Waals surface area contributed by atoms with E-state index in [2.05, 4.69) is 20.4 Å². The highest BCUT2D eigenvalue weighted by molar-refractivity contribution is 5.89. The van der Waals surface area contributed by atoms with Gasteiger partial charge in [0.2, 0.25) is 17.7 Å². The first-order chi connectivity index (χ1) is 17.3. The van der Waals surface area contributed by atoms with E-state index in [1.807, 2.05) is 18.2 Å². The van der Waals surface area contributed by atoms with E-state index < -0.39 is 37.7 Å². The van der Waals surface area contributed by atoms with Crippen molar-refractivity contribution in [2.24, 2.45) is 0 Å². The molecular formula is C23H24F3N7O3. The largest absolute Gasteiger partial charge is 0.479 e. The topological polar surface area (TPSA) is 110 Å². The summed E-state index contributed by atoms with van der Waals surface area (Å²) in [5, 5.41) is 16.0. The Morgan fingerprint density at radius 1 is 1.33 bits per heavy atom. The molecule has 1 aliphatic heterocycles. The van der Waals surface area contributed by atoms with E-state index in [4.69, 9.17) is 9.84 Å². The number of rotatable bonds is 7. The highest BCUT2D eigenvalue weighted by Gasteiger charge is 2.46. The van der Waals surface area contributed by atoms with E-state index in [9.17, 15) is 18.0 Å². The zero-order chi connectivity index (χ0) is 25.4. The Morgan fingerprint density at radius 2 is 2.17 bits per heavy atom. The number of aliphatic hydroxyl groups is 1. The average molecular weight is 503 g/mol. The number of aliphatic hydroxyl groups excluding tert-OH is 1. The van der Waals surface area contributed by atoms with Crippen molar-refractivity contribution in [2.45, 2.75) is 24.9 Å². The fraction of sp³-hybridized carbons (Fsp3) is 0.391. The van der Waals surface area contributed by atoms with Crippen LogP contribution in [0.1, 0.15) is 6.42 Å². The van der Waals surface area contributed by atoms with Gasteiger partial charge in [-0.25, -0.2) is 22.7 Å². The maximum absolute atomic E-state index is 14.7. The fourth-order valence-electron chi connectivity index (χ4n) is 4.51. The van der Waals surface area contributed by atoms with Crippen LogP contribution >= 0.6 is 0 Å². The Hall–Kier alpha value is -3.87. The number of nitrogens with one attached hydrogen (secondary N) is 1. The number of aryl methyl sites for hydroxylation is 1. The van der Waals surface area contributed by atoms with Crippen LogP contribution < -0.4 is 10.1 Å². The third-order valence-corrected chi connectivity index (χ3v) is 6.32. The number of alkyl halides is 3. The van der Waals surface area contributed by atoms with Gasteiger partial charge in [-0.15, -0.1) is 5.10 Å². The summed E-state index contributed by atoms with van der Waals surface area (Å²) in [5.74, 6) is -3.86. The number of piperidine rings is 1. The van der Waals surface area contributed by atoms with E-state index in [1.54, 1.807) is 23.2 Å². The molecule has 0 aliphatic carbocycles. The molecule has 1 fully saturated rings. The number of halogens is 3. The SMILES string of the molecule is COc1nc(N[C@@H]2CCN(C(=O)CO)CC2(F)F)nn2ccc(-c3ccc4ncn(CCF)c4c3)c12. The first kappa shape index (κ1) is 23.9. The average Bonchev–Trinajstić information content (AvgIpc) is 3.48. The molecule has 1 saturated heterocycles. The van der Waals surface area contributed by atoms with Crippen molar-refractivity contribution in [1.29, 1.82) is 0 Å². The van der Waals surface area contributed by atoms with E-state index in [0.717, 1.165) is 27.1 Å². The Bertz CT molecular complexity index is 1420. The second kappa shape index (κ2) is 9.30. The minimum Gasteiger partial charge on any atom is -0.479 e. The highest BCUT2D eigenvalue weighted by atomic mass is 19.3. The number of aromatic nitrogens is 5. The van der Waals surface area contributed by atoms with Crippen LogP contribution in [-0.2, 0) is 11.3 Å². The summed E-state index contributed by atoms with van der Waals surface area (Å²) < 4.78 is 51.1. The molecule has 2 N–H and O–H groups in total. The summed E-state index contributed by atoms with van der Waals surface area (Å²) in [7, 11) is 1.43. The van der Waals surface area contributed by atoms with Gasteiger partial charge in [0.15, 0.2) is 0 Å². The lowest BCUT2D eigenvalue weighted by Crippen LogP contribution is -2.56. The van der Waals surface area contributed by atoms with E-state index >= 15 is 0 Å². The Morgan fingerprint density at radius 3 is 2.89 bits per heavy atom. The number of methoxy groups -OCH3 is 1. The van der Waals surface area contributed by atoms with Crippen LogP contribution in [0.15, 0.2) is 36.8 Å². The van der Waals surface area contributed by atoms with Crippen molar-refractivity contribution in [3.63, 3.8) is 0 Å². The standard InChI is InChI=1S/C23H24F3N7O3/c1-36-21-20-15(14-2-3-16-17(10-14)32(9-6-24)13-27-16)4-8-33(20)30-22(29-21)28-18-5-7-31(19(35)11-34)12-23(18,25)26/h2-4,8,10,13,18,34H,5-7,9,11-12H2,1H3,(H,28,30)/t18-/m1/s1. The van der Waals surface area contributed by atoms with Crippen LogP contribution in [-0.4, -0.2) is 85.5 Å². The summed E-state index contributed by atoms with van der Waals surface area (Å²) >= 11 is 0. The van der Waals surface area contributed by atoms with Crippen molar-refractivity contribution >= 4 is 28.4 Å². The Kier molecular flexibility index (Phi) is 6.16.